The van der Waals surface area contributed by atoms with Crippen molar-refractivity contribution in [1.82, 2.24) is 24.2 Å². The van der Waals surface area contributed by atoms with E-state index >= 15 is 0 Å². The fraction of sp³-hybridized carbons (Fsp3) is 0.778. The number of ether oxygens (including phenoxy) is 1. The molecule has 1 amide bonds. The molecule has 1 atom stereocenters. The zero-order valence-electron chi connectivity index (χ0n) is 17.0. The number of rotatable bonds is 6. The summed E-state index contributed by atoms with van der Waals surface area (Å²) >= 11 is 0. The molecule has 2 aliphatic heterocycles. The van der Waals surface area contributed by atoms with Gasteiger partial charge in [0.05, 0.1) is 25.1 Å². The number of hydrogen-bond acceptors (Lipinski definition) is 7. The van der Waals surface area contributed by atoms with E-state index in [4.69, 9.17) is 0 Å². The van der Waals surface area contributed by atoms with Gasteiger partial charge in [0, 0.05) is 32.1 Å². The van der Waals surface area contributed by atoms with Crippen LogP contribution in [0.5, 0.6) is 0 Å². The topological polar surface area (TPSA) is 115 Å². The Hall–Kier alpha value is -2.01. The monoisotopic (exact) mass is 427 g/mol. The first-order valence-corrected chi connectivity index (χ1v) is 11.7. The molecule has 0 radical (unpaired) electrons. The Morgan fingerprint density at radius 1 is 1.21 bits per heavy atom. The third kappa shape index (κ3) is 4.95. The minimum Gasteiger partial charge on any atom is -0.464 e. The molecule has 29 heavy (non-hydrogen) atoms. The van der Waals surface area contributed by atoms with Gasteiger partial charge in [-0.1, -0.05) is 12.1 Å². The summed E-state index contributed by atoms with van der Waals surface area (Å²) in [5.74, 6) is -0.450. The van der Waals surface area contributed by atoms with Gasteiger partial charge in [-0.05, 0) is 32.1 Å². The molecule has 0 aliphatic carbocycles. The number of carbonyl (C=O) groups excluding carboxylic acids is 2. The minimum atomic E-state index is -3.21. The number of sulfonamides is 1. The molecule has 0 N–H and O–H groups in total. The normalized spacial score (nSPS) is 21.9. The molecular formula is C18H29N5O5S. The second-order valence-corrected chi connectivity index (χ2v) is 9.73. The fourth-order valence-electron chi connectivity index (χ4n) is 4.05. The lowest BCUT2D eigenvalue weighted by Gasteiger charge is -2.37. The molecule has 0 saturated carbocycles. The van der Waals surface area contributed by atoms with E-state index in [0.29, 0.717) is 45.4 Å². The van der Waals surface area contributed by atoms with Crippen LogP contribution in [0.2, 0.25) is 0 Å². The average Bonchev–Trinajstić information content (AvgIpc) is 3.23. The van der Waals surface area contributed by atoms with Crippen molar-refractivity contribution < 1.29 is 22.7 Å². The van der Waals surface area contributed by atoms with E-state index in [1.807, 2.05) is 11.8 Å². The Bertz CT molecular complexity index is 831. The molecule has 3 heterocycles. The Morgan fingerprint density at radius 2 is 1.93 bits per heavy atom. The molecule has 0 unspecified atom stereocenters. The van der Waals surface area contributed by atoms with Crippen LogP contribution in [0.3, 0.4) is 0 Å². The van der Waals surface area contributed by atoms with Crippen molar-refractivity contribution in [3.8, 4) is 0 Å². The van der Waals surface area contributed by atoms with E-state index in [1.165, 1.54) is 11.4 Å². The van der Waals surface area contributed by atoms with Crippen molar-refractivity contribution in [2.45, 2.75) is 45.1 Å². The molecule has 2 aliphatic rings. The largest absolute Gasteiger partial charge is 0.464 e. The van der Waals surface area contributed by atoms with Crippen molar-refractivity contribution >= 4 is 21.9 Å². The van der Waals surface area contributed by atoms with Crippen LogP contribution in [0.25, 0.3) is 0 Å². The quantitative estimate of drug-likeness (QED) is 0.613. The number of likely N-dealkylation sites (tertiary alicyclic amines) is 1. The Labute approximate surface area is 171 Å². The van der Waals surface area contributed by atoms with Crippen LogP contribution in [-0.4, -0.2) is 83.5 Å². The summed E-state index contributed by atoms with van der Waals surface area (Å²) < 4.78 is 32.2. The molecule has 162 valence electrons. The van der Waals surface area contributed by atoms with Crippen molar-refractivity contribution in [2.75, 3.05) is 39.0 Å². The summed E-state index contributed by atoms with van der Waals surface area (Å²) in [7, 11) is -1.91. The van der Waals surface area contributed by atoms with Crippen LogP contribution in [0.1, 0.15) is 55.6 Å². The molecule has 0 bridgehead atoms. The van der Waals surface area contributed by atoms with Crippen molar-refractivity contribution in [2.24, 2.45) is 5.92 Å². The maximum Gasteiger partial charge on any atom is 0.360 e. The Balaban J connectivity index is 1.58. The van der Waals surface area contributed by atoms with E-state index < -0.39 is 16.0 Å². The third-order valence-corrected chi connectivity index (χ3v) is 7.72. The lowest BCUT2D eigenvalue weighted by atomic mass is 9.95. The molecule has 1 aromatic rings. The number of carbonyl (C=O) groups is 2. The second-order valence-electron chi connectivity index (χ2n) is 7.65. The van der Waals surface area contributed by atoms with Gasteiger partial charge in [0.15, 0.2) is 5.69 Å². The fourth-order valence-corrected chi connectivity index (χ4v) is 5.59. The highest BCUT2D eigenvalue weighted by Gasteiger charge is 2.34. The first-order valence-electron chi connectivity index (χ1n) is 10.1. The number of hydrogen-bond donors (Lipinski definition) is 0. The van der Waals surface area contributed by atoms with Crippen molar-refractivity contribution in [3.05, 3.63) is 11.9 Å². The summed E-state index contributed by atoms with van der Waals surface area (Å²) in [4.78, 5) is 26.4. The molecule has 2 saturated heterocycles. The lowest BCUT2D eigenvalue weighted by molar-refractivity contribution is -0.138. The van der Waals surface area contributed by atoms with Crippen molar-refractivity contribution in [1.29, 1.82) is 0 Å². The van der Waals surface area contributed by atoms with Gasteiger partial charge in [0.1, 0.15) is 0 Å². The van der Waals surface area contributed by atoms with Crippen LogP contribution in [0, 0.1) is 5.92 Å². The maximum atomic E-state index is 13.0. The minimum absolute atomic E-state index is 0.0383. The summed E-state index contributed by atoms with van der Waals surface area (Å²) in [5.41, 5.74) is 0.150. The van der Waals surface area contributed by atoms with E-state index in [2.05, 4.69) is 15.0 Å². The van der Waals surface area contributed by atoms with Crippen molar-refractivity contribution in [3.63, 3.8) is 0 Å². The highest BCUT2D eigenvalue weighted by atomic mass is 32.2. The number of esters is 1. The second kappa shape index (κ2) is 9.21. The number of methoxy groups -OCH3 is 1. The van der Waals surface area contributed by atoms with Gasteiger partial charge in [-0.3, -0.25) is 4.79 Å². The highest BCUT2D eigenvalue weighted by molar-refractivity contribution is 7.89. The molecular weight excluding hydrogens is 398 g/mol. The number of aromatic nitrogens is 3. The summed E-state index contributed by atoms with van der Waals surface area (Å²) in [6.45, 7) is 3.85. The number of nitrogens with zero attached hydrogens (tertiary/aromatic N) is 5. The molecule has 11 heteroatoms. The third-order valence-electron chi connectivity index (χ3n) is 5.65. The Kier molecular flexibility index (Phi) is 6.89. The van der Waals surface area contributed by atoms with Gasteiger partial charge in [-0.2, -0.15) is 0 Å². The number of piperidine rings is 2. The van der Waals surface area contributed by atoms with Crippen LogP contribution in [-0.2, 0) is 19.6 Å². The zero-order valence-corrected chi connectivity index (χ0v) is 17.8. The van der Waals surface area contributed by atoms with Gasteiger partial charge in [-0.25, -0.2) is 22.2 Å². The van der Waals surface area contributed by atoms with E-state index in [1.54, 1.807) is 10.9 Å². The predicted molar refractivity (Wildman–Crippen MR) is 105 cm³/mol. The van der Waals surface area contributed by atoms with E-state index in [9.17, 15) is 18.0 Å². The first-order chi connectivity index (χ1) is 13.9. The number of amides is 1. The van der Waals surface area contributed by atoms with E-state index in [-0.39, 0.29) is 29.3 Å². The molecule has 2 fully saturated rings. The van der Waals surface area contributed by atoms with Gasteiger partial charge in [-0.15, -0.1) is 5.10 Å². The van der Waals surface area contributed by atoms with E-state index in [0.717, 1.165) is 12.8 Å². The standard InChI is InChI=1S/C18H29N5O5S/c1-3-11-29(26,27)22-9-6-14(7-10-22)17(24)21-8-4-5-15(12-21)23-13-16(19-20-23)18(25)28-2/h13-15H,3-12H2,1-2H3/t15-/m0/s1. The van der Waals surface area contributed by atoms with Gasteiger partial charge in [0.2, 0.25) is 15.9 Å². The smallest absolute Gasteiger partial charge is 0.360 e. The molecule has 10 nitrogen and oxygen atoms in total. The molecule has 1 aromatic heterocycles. The van der Waals surface area contributed by atoms with Crippen LogP contribution in [0.15, 0.2) is 6.20 Å². The first kappa shape index (κ1) is 21.7. The Morgan fingerprint density at radius 3 is 2.59 bits per heavy atom. The van der Waals surface area contributed by atoms with Gasteiger partial charge in [0.25, 0.3) is 0 Å². The maximum absolute atomic E-state index is 13.0. The van der Waals surface area contributed by atoms with Crippen LogP contribution >= 0.6 is 0 Å². The molecule has 0 aromatic carbocycles. The van der Waals surface area contributed by atoms with Gasteiger partial charge < -0.3 is 9.64 Å². The predicted octanol–water partition coefficient (Wildman–Crippen LogP) is 0.680. The van der Waals surface area contributed by atoms with Crippen LogP contribution in [0.4, 0.5) is 0 Å². The SMILES string of the molecule is CCCS(=O)(=O)N1CCC(C(=O)N2CCC[C@H](n3cc(C(=O)OC)nn3)C2)CC1. The zero-order chi connectivity index (χ0) is 21.0. The lowest BCUT2D eigenvalue weighted by Crippen LogP contribution is -2.47. The summed E-state index contributed by atoms with van der Waals surface area (Å²) in [5, 5.41) is 7.86. The highest BCUT2D eigenvalue weighted by Crippen LogP contribution is 2.26. The van der Waals surface area contributed by atoms with Crippen LogP contribution < -0.4 is 0 Å². The summed E-state index contributed by atoms with van der Waals surface area (Å²) in [6, 6.07) is -0.0383. The molecule has 3 rings (SSSR count). The average molecular weight is 428 g/mol. The van der Waals surface area contributed by atoms with Gasteiger partial charge >= 0.3 is 5.97 Å². The molecule has 0 spiro atoms. The summed E-state index contributed by atoms with van der Waals surface area (Å²) in [6.07, 6.45) is 4.95.